The fraction of sp³-hybridized carbons (Fsp3) is 0.0500. The van der Waals surface area contributed by atoms with E-state index >= 15 is 0 Å². The molecule has 0 spiro atoms. The summed E-state index contributed by atoms with van der Waals surface area (Å²) in [5, 5.41) is 10.9. The van der Waals surface area contributed by atoms with Crippen molar-refractivity contribution in [2.75, 3.05) is 5.32 Å². The van der Waals surface area contributed by atoms with Crippen molar-refractivity contribution in [2.45, 2.75) is 6.92 Å². The van der Waals surface area contributed by atoms with Gasteiger partial charge in [0, 0.05) is 23.7 Å². The molecule has 0 bridgehead atoms. The number of nitrogens with one attached hydrogen (secondary N) is 1. The predicted molar refractivity (Wildman–Crippen MR) is 100 cm³/mol. The summed E-state index contributed by atoms with van der Waals surface area (Å²) in [7, 11) is 0. The van der Waals surface area contributed by atoms with Crippen LogP contribution in [0, 0.1) is 0 Å². The van der Waals surface area contributed by atoms with Gasteiger partial charge >= 0.3 is 0 Å². The van der Waals surface area contributed by atoms with E-state index < -0.39 is 0 Å². The minimum absolute atomic E-state index is 0.116. The fourth-order valence-corrected chi connectivity index (χ4v) is 2.56. The molecule has 132 valence electrons. The average Bonchev–Trinajstić information content (AvgIpc) is 3.19. The highest BCUT2D eigenvalue weighted by atomic mass is 16.4. The van der Waals surface area contributed by atoms with Crippen molar-refractivity contribution in [1.82, 2.24) is 20.2 Å². The lowest BCUT2D eigenvalue weighted by Crippen LogP contribution is -2.05. The topological polar surface area (TPSA) is 93.8 Å². The molecular weight excluding hydrogens is 342 g/mol. The average molecular weight is 357 g/mol. The second kappa shape index (κ2) is 7.17. The van der Waals surface area contributed by atoms with Crippen molar-refractivity contribution in [3.05, 3.63) is 67.0 Å². The lowest BCUT2D eigenvalue weighted by atomic mass is 10.1. The number of nitrogens with zero attached hydrogens (tertiary/aromatic N) is 4. The summed E-state index contributed by atoms with van der Waals surface area (Å²) in [6.45, 7) is 1.47. The van der Waals surface area contributed by atoms with Crippen molar-refractivity contribution in [2.24, 2.45) is 0 Å². The van der Waals surface area contributed by atoms with Crippen LogP contribution < -0.4 is 5.32 Å². The Labute approximate surface area is 155 Å². The van der Waals surface area contributed by atoms with E-state index in [9.17, 15) is 4.79 Å². The largest absolute Gasteiger partial charge is 0.415 e. The van der Waals surface area contributed by atoms with Crippen molar-refractivity contribution in [3.8, 4) is 34.3 Å². The summed E-state index contributed by atoms with van der Waals surface area (Å²) in [4.78, 5) is 19.9. The number of hydrogen-bond acceptors (Lipinski definition) is 6. The number of rotatable bonds is 4. The monoisotopic (exact) mass is 357 g/mol. The zero-order valence-electron chi connectivity index (χ0n) is 14.5. The maximum atomic E-state index is 11.1. The summed E-state index contributed by atoms with van der Waals surface area (Å²) >= 11 is 0. The lowest BCUT2D eigenvalue weighted by molar-refractivity contribution is -0.114. The number of carbonyl (C=O) groups is 1. The molecule has 1 N–H and O–H groups in total. The van der Waals surface area contributed by atoms with E-state index in [1.165, 1.54) is 6.92 Å². The number of benzene rings is 2. The molecule has 1 amide bonds. The Morgan fingerprint density at radius 3 is 2.30 bits per heavy atom. The summed E-state index contributed by atoms with van der Waals surface area (Å²) in [5.41, 5.74) is 3.59. The second-order valence-electron chi connectivity index (χ2n) is 5.83. The molecule has 7 nitrogen and oxygen atoms in total. The molecule has 2 heterocycles. The molecule has 7 heteroatoms. The molecule has 2 aromatic carbocycles. The van der Waals surface area contributed by atoms with Crippen molar-refractivity contribution in [3.63, 3.8) is 0 Å². The Hall–Kier alpha value is -3.87. The molecule has 0 saturated carbocycles. The Bertz CT molecular complexity index is 1070. The molecule has 0 aliphatic rings. The smallest absolute Gasteiger partial charge is 0.268 e. The summed E-state index contributed by atoms with van der Waals surface area (Å²) in [6.07, 6.45) is 3.24. The van der Waals surface area contributed by atoms with E-state index in [-0.39, 0.29) is 5.91 Å². The van der Waals surface area contributed by atoms with E-state index in [0.717, 1.165) is 16.8 Å². The van der Waals surface area contributed by atoms with Crippen LogP contribution in [0.3, 0.4) is 0 Å². The van der Waals surface area contributed by atoms with E-state index in [1.54, 1.807) is 12.4 Å². The molecule has 4 aromatic rings. The number of amides is 1. The Balaban J connectivity index is 1.61. The Morgan fingerprint density at radius 1 is 0.852 bits per heavy atom. The van der Waals surface area contributed by atoms with Gasteiger partial charge in [0.15, 0.2) is 0 Å². The Morgan fingerprint density at radius 2 is 1.56 bits per heavy atom. The lowest BCUT2D eigenvalue weighted by Gasteiger charge is -2.05. The third-order valence-corrected chi connectivity index (χ3v) is 3.80. The van der Waals surface area contributed by atoms with Crippen LogP contribution in [-0.2, 0) is 4.79 Å². The zero-order valence-corrected chi connectivity index (χ0v) is 14.5. The normalized spacial score (nSPS) is 10.6. The molecule has 0 aliphatic carbocycles. The van der Waals surface area contributed by atoms with Gasteiger partial charge in [-0.2, -0.15) is 0 Å². The standard InChI is InChI=1S/C20H15N5O2/c1-13(26)22-16-9-7-14(8-10-16)17-11-21-12-18(23-17)20-25-24-19(27-20)15-5-3-2-4-6-15/h2-12H,1H3,(H,22,26). The third kappa shape index (κ3) is 3.72. The Kier molecular flexibility index (Phi) is 4.40. The predicted octanol–water partition coefficient (Wildman–Crippen LogP) is 3.82. The number of anilines is 1. The first-order valence-electron chi connectivity index (χ1n) is 8.28. The van der Waals surface area contributed by atoms with Gasteiger partial charge in [-0.15, -0.1) is 10.2 Å². The van der Waals surface area contributed by atoms with Crippen molar-refractivity contribution in [1.29, 1.82) is 0 Å². The van der Waals surface area contributed by atoms with Gasteiger partial charge in [0.05, 0.1) is 18.1 Å². The molecule has 4 rings (SSSR count). The van der Waals surface area contributed by atoms with Crippen molar-refractivity contribution < 1.29 is 9.21 Å². The SMILES string of the molecule is CC(=O)Nc1ccc(-c2cncc(-c3nnc(-c4ccccc4)o3)n2)cc1. The van der Waals surface area contributed by atoms with Crippen molar-refractivity contribution >= 4 is 11.6 Å². The van der Waals surface area contributed by atoms with Crippen LogP contribution in [-0.4, -0.2) is 26.1 Å². The first kappa shape index (κ1) is 16.6. The third-order valence-electron chi connectivity index (χ3n) is 3.80. The van der Waals surface area contributed by atoms with Crippen LogP contribution >= 0.6 is 0 Å². The molecule has 0 unspecified atom stereocenters. The molecule has 0 aliphatic heterocycles. The van der Waals surface area contributed by atoms with Crippen LogP contribution in [0.5, 0.6) is 0 Å². The molecule has 0 fully saturated rings. The van der Waals surface area contributed by atoms with Gasteiger partial charge < -0.3 is 9.73 Å². The molecule has 27 heavy (non-hydrogen) atoms. The molecular formula is C20H15N5O2. The minimum atomic E-state index is -0.116. The number of carbonyl (C=O) groups excluding carboxylic acids is 1. The van der Waals surface area contributed by atoms with Gasteiger partial charge in [-0.1, -0.05) is 30.3 Å². The zero-order chi connectivity index (χ0) is 18.6. The van der Waals surface area contributed by atoms with Crippen LogP contribution in [0.25, 0.3) is 34.3 Å². The van der Waals surface area contributed by atoms with E-state index in [4.69, 9.17) is 4.42 Å². The van der Waals surface area contributed by atoms with E-state index in [2.05, 4.69) is 25.5 Å². The van der Waals surface area contributed by atoms with Gasteiger partial charge in [0.25, 0.3) is 5.89 Å². The van der Waals surface area contributed by atoms with Crippen LogP contribution in [0.1, 0.15) is 6.92 Å². The van der Waals surface area contributed by atoms with Crippen LogP contribution in [0.4, 0.5) is 5.69 Å². The number of hydrogen-bond donors (Lipinski definition) is 1. The summed E-state index contributed by atoms with van der Waals surface area (Å²) < 4.78 is 5.74. The highest BCUT2D eigenvalue weighted by Crippen LogP contribution is 2.25. The molecule has 0 saturated heterocycles. The highest BCUT2D eigenvalue weighted by Gasteiger charge is 2.13. The van der Waals surface area contributed by atoms with Crippen LogP contribution in [0.15, 0.2) is 71.4 Å². The maximum absolute atomic E-state index is 11.1. The van der Waals surface area contributed by atoms with Gasteiger partial charge in [0.1, 0.15) is 5.69 Å². The first-order valence-corrected chi connectivity index (χ1v) is 8.28. The van der Waals surface area contributed by atoms with Gasteiger partial charge in [-0.05, 0) is 24.3 Å². The fourth-order valence-electron chi connectivity index (χ4n) is 2.56. The van der Waals surface area contributed by atoms with Gasteiger partial charge in [-0.25, -0.2) is 4.98 Å². The highest BCUT2D eigenvalue weighted by molar-refractivity contribution is 5.88. The number of aromatic nitrogens is 4. The molecule has 2 aromatic heterocycles. The summed E-state index contributed by atoms with van der Waals surface area (Å²) in [6, 6.07) is 16.9. The minimum Gasteiger partial charge on any atom is -0.415 e. The molecule has 0 radical (unpaired) electrons. The first-order chi connectivity index (χ1) is 13.2. The van der Waals surface area contributed by atoms with Crippen LogP contribution in [0.2, 0.25) is 0 Å². The summed E-state index contributed by atoms with van der Waals surface area (Å²) in [5.74, 6) is 0.616. The van der Waals surface area contributed by atoms with E-state index in [0.29, 0.717) is 23.2 Å². The van der Waals surface area contributed by atoms with Gasteiger partial charge in [-0.3, -0.25) is 9.78 Å². The second-order valence-corrected chi connectivity index (χ2v) is 5.83. The quantitative estimate of drug-likeness (QED) is 0.597. The molecule has 0 atom stereocenters. The maximum Gasteiger partial charge on any atom is 0.268 e. The van der Waals surface area contributed by atoms with E-state index in [1.807, 2.05) is 54.6 Å². The van der Waals surface area contributed by atoms with Gasteiger partial charge in [0.2, 0.25) is 11.8 Å².